The summed E-state index contributed by atoms with van der Waals surface area (Å²) in [5.74, 6) is 0. The Morgan fingerprint density at radius 3 is 2.69 bits per heavy atom. The van der Waals surface area contributed by atoms with E-state index in [1.165, 1.54) is 4.31 Å². The number of fused-ring (bicyclic) bond motifs is 1. The van der Waals surface area contributed by atoms with Crippen LogP contribution in [-0.2, 0) is 16.6 Å². The number of nitrogens with zero attached hydrogens (tertiary/aromatic N) is 3. The minimum atomic E-state index is -3.78. The average molecular weight is 532 g/mol. The topological polar surface area (TPSA) is 91.0 Å². The Hall–Kier alpha value is -2.75. The van der Waals surface area contributed by atoms with Crippen LogP contribution >= 0.6 is 24.0 Å². The van der Waals surface area contributed by atoms with Gasteiger partial charge in [0.05, 0.1) is 23.5 Å². The second kappa shape index (κ2) is 12.3. The van der Waals surface area contributed by atoms with Crippen LogP contribution in [0.1, 0.15) is 17.0 Å². The smallest absolute Gasteiger partial charge is 0.244 e. The van der Waals surface area contributed by atoms with Crippen molar-refractivity contribution >= 4 is 50.9 Å². The Balaban J connectivity index is 0.00000342. The van der Waals surface area contributed by atoms with Crippen LogP contribution in [0, 0.1) is 6.92 Å². The molecule has 0 saturated carbocycles. The SMILES string of the molecule is Cc1[nH]cnc1CN(CCNC/C=C/c1ccc(Cl)cc1)S(=O)(=O)c1cccc2cnccc12.Cl. The molecule has 0 amide bonds. The maximum absolute atomic E-state index is 13.7. The normalized spacial score (nSPS) is 11.9. The van der Waals surface area contributed by atoms with Gasteiger partial charge in [-0.05, 0) is 36.8 Å². The third-order valence-electron chi connectivity index (χ3n) is 5.50. The van der Waals surface area contributed by atoms with Crippen molar-refractivity contribution in [3.63, 3.8) is 0 Å². The number of aromatic nitrogens is 3. The lowest BCUT2D eigenvalue weighted by atomic mass is 10.2. The van der Waals surface area contributed by atoms with Gasteiger partial charge >= 0.3 is 0 Å². The summed E-state index contributed by atoms with van der Waals surface area (Å²) in [6.45, 7) is 3.46. The van der Waals surface area contributed by atoms with Crippen LogP contribution in [-0.4, -0.2) is 47.3 Å². The molecule has 0 aliphatic rings. The molecule has 0 saturated heterocycles. The predicted octanol–water partition coefficient (Wildman–Crippen LogP) is 4.84. The van der Waals surface area contributed by atoms with E-state index in [9.17, 15) is 8.42 Å². The van der Waals surface area contributed by atoms with Crippen LogP contribution in [0.3, 0.4) is 0 Å². The summed E-state index contributed by atoms with van der Waals surface area (Å²) in [6.07, 6.45) is 8.86. The van der Waals surface area contributed by atoms with Crippen LogP contribution in [0.5, 0.6) is 0 Å². The molecule has 0 fully saturated rings. The molecule has 0 radical (unpaired) electrons. The first-order valence-corrected chi connectivity index (χ1v) is 12.7. The van der Waals surface area contributed by atoms with Crippen LogP contribution in [0.25, 0.3) is 16.8 Å². The number of nitrogens with one attached hydrogen (secondary N) is 2. The van der Waals surface area contributed by atoms with E-state index in [-0.39, 0.29) is 23.8 Å². The molecule has 0 aliphatic carbocycles. The van der Waals surface area contributed by atoms with E-state index >= 15 is 0 Å². The van der Waals surface area contributed by atoms with Crippen LogP contribution in [0.2, 0.25) is 5.02 Å². The van der Waals surface area contributed by atoms with Crippen molar-refractivity contribution in [1.29, 1.82) is 0 Å². The number of pyridine rings is 1. The van der Waals surface area contributed by atoms with Crippen molar-refractivity contribution < 1.29 is 8.42 Å². The number of H-pyrrole nitrogens is 1. The van der Waals surface area contributed by atoms with Gasteiger partial charge in [-0.15, -0.1) is 12.4 Å². The Kier molecular flexibility index (Phi) is 9.42. The molecule has 2 aromatic heterocycles. The summed E-state index contributed by atoms with van der Waals surface area (Å²) >= 11 is 5.92. The maximum atomic E-state index is 13.7. The molecule has 35 heavy (non-hydrogen) atoms. The van der Waals surface area contributed by atoms with Gasteiger partial charge in [0.25, 0.3) is 0 Å². The number of rotatable bonds is 10. The van der Waals surface area contributed by atoms with Crippen molar-refractivity contribution in [3.05, 3.63) is 95.3 Å². The first kappa shape index (κ1) is 26.8. The Labute approximate surface area is 216 Å². The zero-order chi connectivity index (χ0) is 24.0. The highest BCUT2D eigenvalue weighted by Gasteiger charge is 2.27. The largest absolute Gasteiger partial charge is 0.348 e. The van der Waals surface area contributed by atoms with E-state index in [1.54, 1.807) is 36.9 Å². The molecule has 184 valence electrons. The average Bonchev–Trinajstić information content (AvgIpc) is 3.25. The maximum Gasteiger partial charge on any atom is 0.244 e. The van der Waals surface area contributed by atoms with Gasteiger partial charge in [-0.2, -0.15) is 4.31 Å². The zero-order valence-corrected chi connectivity index (χ0v) is 21.6. The molecule has 0 aliphatic heterocycles. The van der Waals surface area contributed by atoms with E-state index in [0.29, 0.717) is 35.7 Å². The summed E-state index contributed by atoms with van der Waals surface area (Å²) < 4.78 is 28.9. The predicted molar refractivity (Wildman–Crippen MR) is 143 cm³/mol. The lowest BCUT2D eigenvalue weighted by Gasteiger charge is -2.23. The van der Waals surface area contributed by atoms with Gasteiger partial charge in [-0.3, -0.25) is 4.98 Å². The fraction of sp³-hybridized carbons (Fsp3) is 0.200. The summed E-state index contributed by atoms with van der Waals surface area (Å²) in [4.78, 5) is 11.7. The van der Waals surface area contributed by atoms with Crippen molar-refractivity contribution in [2.24, 2.45) is 0 Å². The molecule has 0 spiro atoms. The second-order valence-electron chi connectivity index (χ2n) is 7.82. The number of imidazole rings is 1. The van der Waals surface area contributed by atoms with Gasteiger partial charge in [0, 0.05) is 53.5 Å². The molecule has 10 heteroatoms. The van der Waals surface area contributed by atoms with E-state index in [1.807, 2.05) is 49.4 Å². The van der Waals surface area contributed by atoms with Gasteiger partial charge in [-0.25, -0.2) is 13.4 Å². The standard InChI is InChI=1S/C25H26ClN5O2S.ClH/c1-19-24(30-18-29-19)17-31(15-14-27-12-3-4-20-7-9-22(26)10-8-20)34(32,33)25-6-2-5-21-16-28-13-11-23(21)25;/h2-11,13,16,18,27H,12,14-15,17H2,1H3,(H,29,30);1H/b4-3+;. The highest BCUT2D eigenvalue weighted by atomic mass is 35.5. The second-order valence-corrected chi connectivity index (χ2v) is 10.2. The molecule has 2 N–H and O–H groups in total. The molecule has 0 bridgehead atoms. The number of aromatic amines is 1. The Morgan fingerprint density at radius 2 is 1.94 bits per heavy atom. The van der Waals surface area contributed by atoms with Crippen LogP contribution in [0.4, 0.5) is 0 Å². The van der Waals surface area contributed by atoms with Crippen LogP contribution in [0.15, 0.2) is 78.2 Å². The van der Waals surface area contributed by atoms with E-state index < -0.39 is 10.0 Å². The summed E-state index contributed by atoms with van der Waals surface area (Å²) in [7, 11) is -3.78. The van der Waals surface area contributed by atoms with E-state index in [4.69, 9.17) is 11.6 Å². The van der Waals surface area contributed by atoms with Gasteiger partial charge in [0.1, 0.15) is 0 Å². The van der Waals surface area contributed by atoms with E-state index in [0.717, 1.165) is 16.6 Å². The fourth-order valence-corrected chi connectivity index (χ4v) is 5.36. The summed E-state index contributed by atoms with van der Waals surface area (Å²) in [5, 5.41) is 5.43. The Morgan fingerprint density at radius 1 is 1.14 bits per heavy atom. The van der Waals surface area contributed by atoms with Crippen molar-refractivity contribution in [2.45, 2.75) is 18.4 Å². The minimum Gasteiger partial charge on any atom is -0.348 e. The lowest BCUT2D eigenvalue weighted by Crippen LogP contribution is -2.37. The molecule has 0 atom stereocenters. The van der Waals surface area contributed by atoms with Gasteiger partial charge in [-0.1, -0.05) is 48.0 Å². The number of hydrogen-bond donors (Lipinski definition) is 2. The molecular formula is C25H27Cl2N5O2S. The van der Waals surface area contributed by atoms with Crippen LogP contribution < -0.4 is 5.32 Å². The van der Waals surface area contributed by atoms with Crippen molar-refractivity contribution in [1.82, 2.24) is 24.6 Å². The van der Waals surface area contributed by atoms with Gasteiger partial charge in [0.15, 0.2) is 0 Å². The number of hydrogen-bond acceptors (Lipinski definition) is 5. The third kappa shape index (κ3) is 6.68. The molecular weight excluding hydrogens is 505 g/mol. The number of aryl methyl sites for hydroxylation is 1. The number of halogens is 2. The molecule has 2 aromatic carbocycles. The quantitative estimate of drug-likeness (QED) is 0.286. The Bertz CT molecular complexity index is 1380. The molecule has 4 aromatic rings. The highest BCUT2D eigenvalue weighted by Crippen LogP contribution is 2.26. The number of sulfonamides is 1. The van der Waals surface area contributed by atoms with E-state index in [2.05, 4.69) is 20.3 Å². The van der Waals surface area contributed by atoms with Crippen molar-refractivity contribution in [2.75, 3.05) is 19.6 Å². The van der Waals surface area contributed by atoms with Gasteiger partial charge in [0.2, 0.25) is 10.0 Å². The number of benzene rings is 2. The fourth-order valence-electron chi connectivity index (χ4n) is 3.61. The first-order chi connectivity index (χ1) is 16.4. The molecule has 0 unspecified atom stereocenters. The third-order valence-corrected chi connectivity index (χ3v) is 7.65. The summed E-state index contributed by atoms with van der Waals surface area (Å²) in [5.41, 5.74) is 2.60. The monoisotopic (exact) mass is 531 g/mol. The highest BCUT2D eigenvalue weighted by molar-refractivity contribution is 7.89. The summed E-state index contributed by atoms with van der Waals surface area (Å²) in [6, 6.07) is 14.6. The molecule has 4 rings (SSSR count). The van der Waals surface area contributed by atoms with Gasteiger partial charge < -0.3 is 10.3 Å². The van der Waals surface area contributed by atoms with Crippen molar-refractivity contribution in [3.8, 4) is 0 Å². The zero-order valence-electron chi connectivity index (χ0n) is 19.2. The first-order valence-electron chi connectivity index (χ1n) is 10.9. The lowest BCUT2D eigenvalue weighted by molar-refractivity contribution is 0.399. The molecule has 7 nitrogen and oxygen atoms in total. The minimum absolute atomic E-state index is 0. The molecule has 2 heterocycles.